The fourth-order valence-corrected chi connectivity index (χ4v) is 4.32. The van der Waals surface area contributed by atoms with Crippen molar-refractivity contribution < 1.29 is 14.8 Å². The molecule has 2 aromatic carbocycles. The lowest BCUT2D eigenvalue weighted by molar-refractivity contribution is -0.384. The first-order valence-electron chi connectivity index (χ1n) is 7.34. The number of nitro benzene ring substituents is 1. The largest absolute Gasteiger partial charge is 0.480 e. The third-order valence-corrected chi connectivity index (χ3v) is 5.81. The van der Waals surface area contributed by atoms with E-state index in [4.69, 9.17) is 0 Å². The number of nitro groups is 1. The maximum atomic E-state index is 11.5. The second-order valence-corrected chi connectivity index (χ2v) is 8.37. The van der Waals surface area contributed by atoms with Crippen LogP contribution >= 0.6 is 23.3 Å². The minimum Gasteiger partial charge on any atom is -0.480 e. The summed E-state index contributed by atoms with van der Waals surface area (Å²) in [6.45, 7) is 3.30. The molecule has 0 amide bonds. The van der Waals surface area contributed by atoms with Gasteiger partial charge in [-0.05, 0) is 49.1 Å². The van der Waals surface area contributed by atoms with E-state index in [0.29, 0.717) is 0 Å². The van der Waals surface area contributed by atoms with Crippen LogP contribution in [0.2, 0.25) is 0 Å². The van der Waals surface area contributed by atoms with Crippen LogP contribution in [0.5, 0.6) is 0 Å². The smallest absolute Gasteiger partial charge is 0.319 e. The van der Waals surface area contributed by atoms with Crippen LogP contribution in [0.4, 0.5) is 5.69 Å². The normalized spacial score (nSPS) is 11.6. The predicted molar refractivity (Wildman–Crippen MR) is 99.3 cm³/mol. The molecular weight excluding hydrogens is 360 g/mol. The van der Waals surface area contributed by atoms with E-state index in [1.807, 2.05) is 12.1 Å². The molecule has 0 aliphatic heterocycles. The number of non-ortho nitro benzene ring substituents is 1. The van der Waals surface area contributed by atoms with Crippen LogP contribution in [0.3, 0.4) is 0 Å². The molecule has 0 spiro atoms. The minimum atomic E-state index is -1.01. The number of rotatable bonds is 5. The second-order valence-electron chi connectivity index (χ2n) is 5.90. The molecular formula is C17H14N2O4S2. The third kappa shape index (κ3) is 3.35. The summed E-state index contributed by atoms with van der Waals surface area (Å²) in [6, 6.07) is 10.1. The van der Waals surface area contributed by atoms with Crippen molar-refractivity contribution in [2.45, 2.75) is 23.5 Å². The van der Waals surface area contributed by atoms with Crippen LogP contribution in [-0.4, -0.2) is 25.1 Å². The lowest BCUT2D eigenvalue weighted by Crippen LogP contribution is -2.26. The van der Waals surface area contributed by atoms with Gasteiger partial charge in [-0.1, -0.05) is 6.07 Å². The molecule has 0 saturated carbocycles. The molecule has 0 atom stereocenters. The van der Waals surface area contributed by atoms with Crippen molar-refractivity contribution in [3.05, 3.63) is 52.7 Å². The number of carboxylic acid groups (broad SMARTS) is 1. The third-order valence-electron chi connectivity index (χ3n) is 3.73. The highest BCUT2D eigenvalue weighted by molar-refractivity contribution is 8.01. The van der Waals surface area contributed by atoms with Gasteiger partial charge in [0.15, 0.2) is 0 Å². The highest BCUT2D eigenvalue weighted by Crippen LogP contribution is 2.43. The van der Waals surface area contributed by atoms with Gasteiger partial charge < -0.3 is 5.11 Å². The number of thioether (sulfide) groups is 1. The van der Waals surface area contributed by atoms with Gasteiger partial charge >= 0.3 is 5.97 Å². The van der Waals surface area contributed by atoms with Crippen LogP contribution in [0.15, 0.2) is 47.5 Å². The van der Waals surface area contributed by atoms with Crippen molar-refractivity contribution in [1.82, 2.24) is 4.37 Å². The lowest BCUT2D eigenvalue weighted by Gasteiger charge is -2.20. The Hall–Kier alpha value is -2.45. The van der Waals surface area contributed by atoms with E-state index >= 15 is 0 Å². The van der Waals surface area contributed by atoms with E-state index in [-0.39, 0.29) is 5.69 Å². The number of carboxylic acids is 1. The topological polar surface area (TPSA) is 93.3 Å². The summed E-state index contributed by atoms with van der Waals surface area (Å²) < 4.78 is 4.14. The predicted octanol–water partition coefficient (Wildman–Crippen LogP) is 4.83. The SMILES string of the molecule is CC(C)(Sc1ccc2cnsc2c1-c1ccc([N+](=O)[O-])cc1)C(=O)O. The molecule has 0 fully saturated rings. The molecule has 3 rings (SSSR count). The summed E-state index contributed by atoms with van der Waals surface area (Å²) >= 11 is 2.57. The quantitative estimate of drug-likeness (QED) is 0.391. The average molecular weight is 374 g/mol. The van der Waals surface area contributed by atoms with Gasteiger partial charge in [0.25, 0.3) is 5.69 Å². The van der Waals surface area contributed by atoms with E-state index in [1.165, 1.54) is 35.4 Å². The number of nitrogens with zero attached hydrogens (tertiary/aromatic N) is 2. The van der Waals surface area contributed by atoms with E-state index in [1.54, 1.807) is 32.2 Å². The summed E-state index contributed by atoms with van der Waals surface area (Å²) in [5.41, 5.74) is 1.67. The second kappa shape index (κ2) is 6.45. The first-order valence-corrected chi connectivity index (χ1v) is 8.93. The van der Waals surface area contributed by atoms with Gasteiger partial charge in [-0.2, -0.15) is 4.37 Å². The van der Waals surface area contributed by atoms with Crippen LogP contribution in [0, 0.1) is 10.1 Å². The molecule has 128 valence electrons. The number of benzene rings is 2. The summed E-state index contributed by atoms with van der Waals surface area (Å²) in [4.78, 5) is 22.7. The van der Waals surface area contributed by atoms with E-state index in [0.717, 1.165) is 26.1 Å². The Morgan fingerprint density at radius 2 is 1.92 bits per heavy atom. The Morgan fingerprint density at radius 1 is 1.24 bits per heavy atom. The molecule has 0 radical (unpaired) electrons. The van der Waals surface area contributed by atoms with Gasteiger partial charge in [-0.25, -0.2) is 0 Å². The van der Waals surface area contributed by atoms with Gasteiger partial charge in [-0.15, -0.1) is 11.8 Å². The number of aliphatic carboxylic acids is 1. The first kappa shape index (κ1) is 17.4. The molecule has 1 heterocycles. The lowest BCUT2D eigenvalue weighted by atomic mass is 10.0. The van der Waals surface area contributed by atoms with E-state index in [9.17, 15) is 20.0 Å². The van der Waals surface area contributed by atoms with Crippen molar-refractivity contribution in [2.75, 3.05) is 0 Å². The Balaban J connectivity index is 2.17. The number of hydrogen-bond acceptors (Lipinski definition) is 6. The molecule has 0 saturated heterocycles. The Morgan fingerprint density at radius 3 is 2.52 bits per heavy atom. The number of fused-ring (bicyclic) bond motifs is 1. The number of hydrogen-bond donors (Lipinski definition) is 1. The van der Waals surface area contributed by atoms with Crippen molar-refractivity contribution in [2.24, 2.45) is 0 Å². The molecule has 0 aliphatic rings. The fraction of sp³-hybridized carbons (Fsp3) is 0.176. The van der Waals surface area contributed by atoms with Gasteiger partial charge in [0.2, 0.25) is 0 Å². The van der Waals surface area contributed by atoms with Crippen LogP contribution in [0.25, 0.3) is 21.2 Å². The molecule has 3 aromatic rings. The monoisotopic (exact) mass is 374 g/mol. The highest BCUT2D eigenvalue weighted by Gasteiger charge is 2.30. The standard InChI is InChI=1S/C17H14N2O4S2/c1-17(2,16(20)21)24-13-8-5-11-9-18-25-15(11)14(13)10-3-6-12(7-4-10)19(22)23/h3-9H,1-2H3,(H,20,21). The first-order chi connectivity index (χ1) is 11.8. The van der Waals surface area contributed by atoms with Crippen molar-refractivity contribution >= 4 is 45.0 Å². The highest BCUT2D eigenvalue weighted by atomic mass is 32.2. The molecule has 1 aromatic heterocycles. The summed E-state index contributed by atoms with van der Waals surface area (Å²) in [6.07, 6.45) is 1.76. The van der Waals surface area contributed by atoms with Crippen LogP contribution in [0.1, 0.15) is 13.8 Å². The zero-order valence-electron chi connectivity index (χ0n) is 13.4. The van der Waals surface area contributed by atoms with Gasteiger partial charge in [0.1, 0.15) is 4.75 Å². The Labute approximate surface area is 151 Å². The fourth-order valence-electron chi connectivity index (χ4n) is 2.34. The number of aromatic nitrogens is 1. The summed E-state index contributed by atoms with van der Waals surface area (Å²) in [5.74, 6) is -0.906. The summed E-state index contributed by atoms with van der Waals surface area (Å²) in [5, 5.41) is 21.3. The van der Waals surface area contributed by atoms with E-state index in [2.05, 4.69) is 4.37 Å². The molecule has 25 heavy (non-hydrogen) atoms. The zero-order valence-corrected chi connectivity index (χ0v) is 15.1. The maximum Gasteiger partial charge on any atom is 0.319 e. The van der Waals surface area contributed by atoms with Crippen molar-refractivity contribution in [1.29, 1.82) is 0 Å². The molecule has 1 N–H and O–H groups in total. The average Bonchev–Trinajstić information content (AvgIpc) is 3.03. The minimum absolute atomic E-state index is 0.0142. The molecule has 6 nitrogen and oxygen atoms in total. The summed E-state index contributed by atoms with van der Waals surface area (Å²) in [7, 11) is 0. The van der Waals surface area contributed by atoms with Crippen molar-refractivity contribution in [3.8, 4) is 11.1 Å². The van der Waals surface area contributed by atoms with Gasteiger partial charge in [0, 0.05) is 34.2 Å². The van der Waals surface area contributed by atoms with E-state index < -0.39 is 15.6 Å². The number of carbonyl (C=O) groups is 1. The Kier molecular flexibility index (Phi) is 4.49. The molecule has 0 bridgehead atoms. The maximum absolute atomic E-state index is 11.5. The van der Waals surface area contributed by atoms with Gasteiger partial charge in [0.05, 0.1) is 9.62 Å². The molecule has 0 aliphatic carbocycles. The van der Waals surface area contributed by atoms with Crippen molar-refractivity contribution in [3.63, 3.8) is 0 Å². The van der Waals surface area contributed by atoms with Crippen LogP contribution in [-0.2, 0) is 4.79 Å². The molecule has 0 unspecified atom stereocenters. The molecule has 8 heteroatoms. The zero-order chi connectivity index (χ0) is 18.2. The van der Waals surface area contributed by atoms with Crippen LogP contribution < -0.4 is 0 Å². The van der Waals surface area contributed by atoms with Gasteiger partial charge in [-0.3, -0.25) is 14.9 Å². The Bertz CT molecular complexity index is 964.